The average Bonchev–Trinajstić information content (AvgIpc) is 3.29. The monoisotopic (exact) mass is 405 g/mol. The van der Waals surface area contributed by atoms with Gasteiger partial charge in [-0.3, -0.25) is 9.58 Å². The van der Waals surface area contributed by atoms with E-state index in [9.17, 15) is 4.79 Å². The first-order valence-corrected chi connectivity index (χ1v) is 10.4. The van der Waals surface area contributed by atoms with Gasteiger partial charge in [-0.2, -0.15) is 5.10 Å². The highest BCUT2D eigenvalue weighted by atomic mass is 16.2. The van der Waals surface area contributed by atoms with E-state index in [1.54, 1.807) is 9.58 Å². The molecule has 4 heterocycles. The van der Waals surface area contributed by atoms with Crippen LogP contribution < -0.4 is 20.4 Å². The Morgan fingerprint density at radius 3 is 2.93 bits per heavy atom. The van der Waals surface area contributed by atoms with E-state index in [1.807, 2.05) is 37.6 Å². The first-order valence-electron chi connectivity index (χ1n) is 10.4. The van der Waals surface area contributed by atoms with Crippen LogP contribution in [0.15, 0.2) is 36.7 Å². The molecule has 1 aromatic carbocycles. The predicted molar refractivity (Wildman–Crippen MR) is 119 cm³/mol. The maximum absolute atomic E-state index is 13.0. The summed E-state index contributed by atoms with van der Waals surface area (Å²) in [5.74, 6) is 0.767. The molecule has 156 valence electrons. The highest BCUT2D eigenvalue weighted by molar-refractivity contribution is 6.03. The molecule has 0 atom stereocenters. The molecule has 1 fully saturated rings. The lowest BCUT2D eigenvalue weighted by atomic mass is 10.0. The molecular weight excluding hydrogens is 378 g/mol. The number of carbonyl (C=O) groups excluding carboxylic acids is 1. The first-order chi connectivity index (χ1) is 14.4. The Morgan fingerprint density at radius 1 is 1.23 bits per heavy atom. The zero-order valence-electron chi connectivity index (χ0n) is 17.6. The normalized spacial score (nSPS) is 18.0. The van der Waals surface area contributed by atoms with Crippen LogP contribution in [0.25, 0.3) is 10.9 Å². The van der Waals surface area contributed by atoms with E-state index in [4.69, 9.17) is 0 Å². The lowest BCUT2D eigenvalue weighted by molar-refractivity contribution is 0.257. The van der Waals surface area contributed by atoms with E-state index in [-0.39, 0.29) is 11.6 Å². The van der Waals surface area contributed by atoms with Crippen molar-refractivity contribution >= 4 is 34.1 Å². The molecule has 3 aromatic rings. The highest BCUT2D eigenvalue weighted by Gasteiger charge is 2.32. The van der Waals surface area contributed by atoms with Gasteiger partial charge in [-0.15, -0.1) is 0 Å². The van der Waals surface area contributed by atoms with Crippen LogP contribution in [0.5, 0.6) is 0 Å². The van der Waals surface area contributed by atoms with E-state index in [1.165, 1.54) is 5.69 Å². The molecule has 0 saturated carbocycles. The number of aryl methyl sites for hydroxylation is 1. The number of aromatic nitrogens is 3. The van der Waals surface area contributed by atoms with Crippen molar-refractivity contribution in [3.8, 4) is 0 Å². The molecule has 2 N–H and O–H groups in total. The molecule has 0 bridgehead atoms. The molecule has 2 amide bonds. The Morgan fingerprint density at radius 2 is 2.10 bits per heavy atom. The van der Waals surface area contributed by atoms with Crippen molar-refractivity contribution in [2.75, 3.05) is 41.3 Å². The van der Waals surface area contributed by atoms with Gasteiger partial charge >= 0.3 is 6.03 Å². The minimum atomic E-state index is -0.151. The van der Waals surface area contributed by atoms with Gasteiger partial charge in [0.1, 0.15) is 5.82 Å². The maximum atomic E-state index is 13.0. The molecule has 8 heteroatoms. The third-order valence-electron chi connectivity index (χ3n) is 5.88. The average molecular weight is 406 g/mol. The fourth-order valence-electron chi connectivity index (χ4n) is 4.53. The molecule has 0 unspecified atom stereocenters. The smallest absolute Gasteiger partial charge is 0.327 e. The summed E-state index contributed by atoms with van der Waals surface area (Å²) in [6, 6.07) is 7.69. The number of piperazine rings is 1. The number of fused-ring (bicyclic) bond motifs is 2. The molecule has 2 aliphatic rings. The van der Waals surface area contributed by atoms with Crippen LogP contribution in [0.2, 0.25) is 0 Å². The molecule has 0 aliphatic carbocycles. The molecule has 2 aromatic heterocycles. The van der Waals surface area contributed by atoms with Gasteiger partial charge in [0.15, 0.2) is 0 Å². The molecule has 8 nitrogen and oxygen atoms in total. The van der Waals surface area contributed by atoms with Crippen LogP contribution in [0, 0.1) is 0 Å². The van der Waals surface area contributed by atoms with Crippen LogP contribution in [0.4, 0.5) is 22.0 Å². The molecular formula is C22H27N7O. The SMILES string of the molecule is Cn1cc2cc(NC(=O)N3CCc4c(N5CCNC(C)(C)C5)ccnc43)ccc2n1. The Kier molecular flexibility index (Phi) is 4.39. The zero-order valence-corrected chi connectivity index (χ0v) is 17.6. The molecule has 1 saturated heterocycles. The summed E-state index contributed by atoms with van der Waals surface area (Å²) < 4.78 is 1.77. The number of nitrogens with one attached hydrogen (secondary N) is 2. The standard InChI is InChI=1S/C22H27N7O/c1-22(2)14-28(11-9-24-22)19-6-8-23-20-17(19)7-10-29(20)21(30)25-16-4-5-18-15(12-16)13-27(3)26-18/h4-6,8,12-13,24H,7,9-11,14H2,1-3H3,(H,25,30). The van der Waals surface area contributed by atoms with Crippen LogP contribution in [0.3, 0.4) is 0 Å². The van der Waals surface area contributed by atoms with Crippen molar-refractivity contribution < 1.29 is 4.79 Å². The summed E-state index contributed by atoms with van der Waals surface area (Å²) in [7, 11) is 1.89. The lowest BCUT2D eigenvalue weighted by Gasteiger charge is -2.41. The van der Waals surface area contributed by atoms with Gasteiger partial charge in [0.05, 0.1) is 5.52 Å². The van der Waals surface area contributed by atoms with Crippen LogP contribution in [0.1, 0.15) is 19.4 Å². The van der Waals surface area contributed by atoms with Gasteiger partial charge in [-0.05, 0) is 44.5 Å². The van der Waals surface area contributed by atoms with Gasteiger partial charge in [0.25, 0.3) is 0 Å². The van der Waals surface area contributed by atoms with Gasteiger partial charge in [-0.25, -0.2) is 9.78 Å². The molecule has 0 radical (unpaired) electrons. The first kappa shape index (κ1) is 18.9. The third kappa shape index (κ3) is 3.37. The largest absolute Gasteiger partial charge is 0.368 e. The van der Waals surface area contributed by atoms with Gasteiger partial charge < -0.3 is 15.5 Å². The van der Waals surface area contributed by atoms with E-state index < -0.39 is 0 Å². The number of pyridine rings is 1. The van der Waals surface area contributed by atoms with Gasteiger partial charge in [0.2, 0.25) is 0 Å². The van der Waals surface area contributed by atoms with Crippen molar-refractivity contribution in [3.63, 3.8) is 0 Å². The van der Waals surface area contributed by atoms with Crippen molar-refractivity contribution in [1.29, 1.82) is 0 Å². The number of nitrogens with zero attached hydrogens (tertiary/aromatic N) is 5. The zero-order chi connectivity index (χ0) is 20.9. The lowest BCUT2D eigenvalue weighted by Crippen LogP contribution is -2.57. The summed E-state index contributed by atoms with van der Waals surface area (Å²) in [6.07, 6.45) is 4.58. The molecule has 0 spiro atoms. The number of urea groups is 1. The van der Waals surface area contributed by atoms with Gasteiger partial charge in [-0.1, -0.05) is 0 Å². The summed E-state index contributed by atoms with van der Waals surface area (Å²) in [5.41, 5.74) is 4.09. The second-order valence-electron chi connectivity index (χ2n) is 8.77. The van der Waals surface area contributed by atoms with Crippen molar-refractivity contribution in [2.45, 2.75) is 25.8 Å². The quantitative estimate of drug-likeness (QED) is 0.686. The number of rotatable bonds is 2. The van der Waals surface area contributed by atoms with E-state index in [0.29, 0.717) is 6.54 Å². The number of anilines is 3. The summed E-state index contributed by atoms with van der Waals surface area (Å²) >= 11 is 0. The molecule has 2 aliphatic heterocycles. The summed E-state index contributed by atoms with van der Waals surface area (Å²) in [6.45, 7) is 7.91. The third-order valence-corrected chi connectivity index (χ3v) is 5.88. The summed E-state index contributed by atoms with van der Waals surface area (Å²) in [5, 5.41) is 12.0. The Bertz CT molecular complexity index is 1120. The fraction of sp³-hybridized carbons (Fsp3) is 0.409. The van der Waals surface area contributed by atoms with Crippen LogP contribution in [-0.2, 0) is 13.5 Å². The predicted octanol–water partition coefficient (Wildman–Crippen LogP) is 2.75. The van der Waals surface area contributed by atoms with Gasteiger partial charge in [0, 0.05) is 73.5 Å². The second-order valence-corrected chi connectivity index (χ2v) is 8.77. The Labute approximate surface area is 175 Å². The Balaban J connectivity index is 1.38. The number of hydrogen-bond acceptors (Lipinski definition) is 5. The molecule has 30 heavy (non-hydrogen) atoms. The number of benzene rings is 1. The Hall–Kier alpha value is -3.13. The van der Waals surface area contributed by atoms with Crippen LogP contribution >= 0.6 is 0 Å². The number of hydrogen-bond donors (Lipinski definition) is 2. The van der Waals surface area contributed by atoms with E-state index >= 15 is 0 Å². The van der Waals surface area contributed by atoms with Crippen molar-refractivity contribution in [2.24, 2.45) is 7.05 Å². The molecule has 5 rings (SSSR count). The second kappa shape index (κ2) is 6.98. The van der Waals surface area contributed by atoms with E-state index in [0.717, 1.165) is 54.0 Å². The number of carbonyl (C=O) groups is 1. The van der Waals surface area contributed by atoms with E-state index in [2.05, 4.69) is 45.5 Å². The number of amides is 2. The van der Waals surface area contributed by atoms with Crippen LogP contribution in [-0.4, -0.2) is 52.5 Å². The van der Waals surface area contributed by atoms with Crippen molar-refractivity contribution in [1.82, 2.24) is 20.1 Å². The maximum Gasteiger partial charge on any atom is 0.327 e. The minimum Gasteiger partial charge on any atom is -0.368 e. The highest BCUT2D eigenvalue weighted by Crippen LogP contribution is 2.35. The minimum absolute atomic E-state index is 0.0645. The topological polar surface area (TPSA) is 78.3 Å². The van der Waals surface area contributed by atoms with Crippen molar-refractivity contribution in [3.05, 3.63) is 42.2 Å². The summed E-state index contributed by atoms with van der Waals surface area (Å²) in [4.78, 5) is 21.8. The fourth-order valence-corrected chi connectivity index (χ4v) is 4.53.